The Hall–Kier alpha value is -1.71. The van der Waals surface area contributed by atoms with Crippen LogP contribution in [-0.2, 0) is 0 Å². The molecule has 1 aromatic rings. The van der Waals surface area contributed by atoms with E-state index in [-0.39, 0.29) is 5.92 Å². The van der Waals surface area contributed by atoms with Crippen LogP contribution in [0.25, 0.3) is 0 Å². The standard InChI is InChI=1S/C9H10N4/c1-2-3-6-4-11-9-7(6)8(10)12-5-13-9/h2-6H,1H3,(H2,10,12,13). The first-order valence-electron chi connectivity index (χ1n) is 4.10. The van der Waals surface area contributed by atoms with Crippen LogP contribution in [-0.4, -0.2) is 16.2 Å². The molecule has 0 aliphatic carbocycles. The molecule has 2 N–H and O–H groups in total. The maximum absolute atomic E-state index is 5.73. The van der Waals surface area contributed by atoms with E-state index in [2.05, 4.69) is 15.0 Å². The van der Waals surface area contributed by atoms with E-state index < -0.39 is 0 Å². The summed E-state index contributed by atoms with van der Waals surface area (Å²) in [6, 6.07) is 0. The van der Waals surface area contributed by atoms with Crippen molar-refractivity contribution in [2.24, 2.45) is 4.99 Å². The number of rotatable bonds is 1. The van der Waals surface area contributed by atoms with Gasteiger partial charge in [-0.3, -0.25) is 0 Å². The number of anilines is 1. The molecule has 1 aliphatic heterocycles. The molecule has 0 spiro atoms. The van der Waals surface area contributed by atoms with E-state index in [9.17, 15) is 0 Å². The maximum Gasteiger partial charge on any atom is 0.161 e. The summed E-state index contributed by atoms with van der Waals surface area (Å²) in [5.41, 5.74) is 6.64. The Morgan fingerprint density at radius 3 is 3.08 bits per heavy atom. The Bertz CT molecular complexity index is 381. The van der Waals surface area contributed by atoms with Crippen molar-refractivity contribution in [3.63, 3.8) is 0 Å². The van der Waals surface area contributed by atoms with Crippen LogP contribution in [0.3, 0.4) is 0 Å². The summed E-state index contributed by atoms with van der Waals surface area (Å²) in [5, 5.41) is 0. The number of aromatic nitrogens is 2. The highest BCUT2D eigenvalue weighted by atomic mass is 15.0. The van der Waals surface area contributed by atoms with Crippen molar-refractivity contribution in [3.05, 3.63) is 24.0 Å². The lowest BCUT2D eigenvalue weighted by Gasteiger charge is -2.04. The summed E-state index contributed by atoms with van der Waals surface area (Å²) in [4.78, 5) is 12.1. The largest absolute Gasteiger partial charge is 0.383 e. The summed E-state index contributed by atoms with van der Waals surface area (Å²) < 4.78 is 0. The van der Waals surface area contributed by atoms with Crippen molar-refractivity contribution in [2.45, 2.75) is 12.8 Å². The highest BCUT2D eigenvalue weighted by molar-refractivity contribution is 5.84. The third kappa shape index (κ3) is 1.20. The van der Waals surface area contributed by atoms with Crippen molar-refractivity contribution in [2.75, 3.05) is 5.73 Å². The van der Waals surface area contributed by atoms with Crippen LogP contribution in [0.15, 0.2) is 23.5 Å². The fraction of sp³-hybridized carbons (Fsp3) is 0.222. The first-order valence-corrected chi connectivity index (χ1v) is 4.10. The zero-order chi connectivity index (χ0) is 9.26. The Balaban J connectivity index is 2.51. The molecule has 13 heavy (non-hydrogen) atoms. The topological polar surface area (TPSA) is 64.2 Å². The van der Waals surface area contributed by atoms with Gasteiger partial charge in [0.2, 0.25) is 0 Å². The quantitative estimate of drug-likeness (QED) is 0.655. The molecule has 0 aromatic carbocycles. The van der Waals surface area contributed by atoms with E-state index in [0.29, 0.717) is 11.6 Å². The highest BCUT2D eigenvalue weighted by Crippen LogP contribution is 2.33. The molecule has 1 atom stereocenters. The van der Waals surface area contributed by atoms with Crippen LogP contribution in [0.1, 0.15) is 18.4 Å². The van der Waals surface area contributed by atoms with Gasteiger partial charge in [-0.2, -0.15) is 0 Å². The van der Waals surface area contributed by atoms with E-state index in [4.69, 9.17) is 5.73 Å². The SMILES string of the molecule is CC=CC1C=Nc2ncnc(N)c21. The molecule has 1 aliphatic rings. The van der Waals surface area contributed by atoms with Gasteiger partial charge in [0.25, 0.3) is 0 Å². The van der Waals surface area contributed by atoms with Gasteiger partial charge in [-0.05, 0) is 6.92 Å². The van der Waals surface area contributed by atoms with E-state index in [1.54, 1.807) is 0 Å². The fourth-order valence-electron chi connectivity index (χ4n) is 1.40. The van der Waals surface area contributed by atoms with Crippen LogP contribution >= 0.6 is 0 Å². The van der Waals surface area contributed by atoms with Gasteiger partial charge in [-0.1, -0.05) is 12.2 Å². The predicted octanol–water partition coefficient (Wildman–Crippen LogP) is 1.43. The van der Waals surface area contributed by atoms with E-state index >= 15 is 0 Å². The number of aliphatic imine (C=N–C) groups is 1. The molecule has 1 aromatic heterocycles. The smallest absolute Gasteiger partial charge is 0.161 e. The average molecular weight is 174 g/mol. The Labute approximate surface area is 76.2 Å². The number of allylic oxidation sites excluding steroid dienone is 2. The molecule has 2 heterocycles. The third-order valence-corrected chi connectivity index (χ3v) is 1.98. The molecule has 0 saturated heterocycles. The second-order valence-corrected chi connectivity index (χ2v) is 2.83. The van der Waals surface area contributed by atoms with Gasteiger partial charge < -0.3 is 5.73 Å². The minimum Gasteiger partial charge on any atom is -0.383 e. The highest BCUT2D eigenvalue weighted by Gasteiger charge is 2.20. The summed E-state index contributed by atoms with van der Waals surface area (Å²) in [6.45, 7) is 1.96. The first kappa shape index (κ1) is 7.91. The van der Waals surface area contributed by atoms with Gasteiger partial charge >= 0.3 is 0 Å². The Kier molecular flexibility index (Phi) is 1.81. The molecule has 0 radical (unpaired) electrons. The normalized spacial score (nSPS) is 19.6. The molecule has 0 saturated carbocycles. The molecule has 2 rings (SSSR count). The molecule has 4 nitrogen and oxygen atoms in total. The lowest BCUT2D eigenvalue weighted by molar-refractivity contribution is 1.09. The minimum atomic E-state index is 0.140. The number of nitrogens with zero attached hydrogens (tertiary/aromatic N) is 3. The van der Waals surface area contributed by atoms with Gasteiger partial charge in [0.15, 0.2) is 5.82 Å². The third-order valence-electron chi connectivity index (χ3n) is 1.98. The van der Waals surface area contributed by atoms with E-state index in [0.717, 1.165) is 5.56 Å². The van der Waals surface area contributed by atoms with Crippen molar-refractivity contribution in [1.29, 1.82) is 0 Å². The van der Waals surface area contributed by atoms with Crippen molar-refractivity contribution in [3.8, 4) is 0 Å². The van der Waals surface area contributed by atoms with E-state index in [1.807, 2.05) is 25.3 Å². The lowest BCUT2D eigenvalue weighted by atomic mass is 10.0. The Morgan fingerprint density at radius 2 is 2.31 bits per heavy atom. The van der Waals surface area contributed by atoms with Crippen molar-refractivity contribution >= 4 is 17.9 Å². The van der Waals surface area contributed by atoms with Crippen LogP contribution in [0.4, 0.5) is 11.6 Å². The summed E-state index contributed by atoms with van der Waals surface area (Å²) in [6.07, 6.45) is 7.26. The van der Waals surface area contributed by atoms with Gasteiger partial charge in [0.05, 0.1) is 5.56 Å². The zero-order valence-corrected chi connectivity index (χ0v) is 7.31. The van der Waals surface area contributed by atoms with E-state index in [1.165, 1.54) is 6.33 Å². The molecule has 0 amide bonds. The number of fused-ring (bicyclic) bond motifs is 1. The fourth-order valence-corrected chi connectivity index (χ4v) is 1.40. The van der Waals surface area contributed by atoms with Crippen molar-refractivity contribution in [1.82, 2.24) is 9.97 Å². The number of hydrogen-bond donors (Lipinski definition) is 1. The summed E-state index contributed by atoms with van der Waals surface area (Å²) in [5.74, 6) is 1.35. The van der Waals surface area contributed by atoms with Gasteiger partial charge in [0.1, 0.15) is 12.1 Å². The molecule has 0 bridgehead atoms. The molecule has 1 unspecified atom stereocenters. The molecule has 0 fully saturated rings. The van der Waals surface area contributed by atoms with Crippen LogP contribution in [0, 0.1) is 0 Å². The molecular weight excluding hydrogens is 164 g/mol. The van der Waals surface area contributed by atoms with Gasteiger partial charge in [0, 0.05) is 12.1 Å². The monoisotopic (exact) mass is 174 g/mol. The van der Waals surface area contributed by atoms with Crippen LogP contribution in [0.5, 0.6) is 0 Å². The summed E-state index contributed by atoms with van der Waals surface area (Å²) >= 11 is 0. The Morgan fingerprint density at radius 1 is 1.46 bits per heavy atom. The molecule has 4 heteroatoms. The maximum atomic E-state index is 5.73. The molecule has 66 valence electrons. The zero-order valence-electron chi connectivity index (χ0n) is 7.31. The lowest BCUT2D eigenvalue weighted by Crippen LogP contribution is -2.00. The van der Waals surface area contributed by atoms with Crippen molar-refractivity contribution < 1.29 is 0 Å². The second kappa shape index (κ2) is 2.97. The second-order valence-electron chi connectivity index (χ2n) is 2.83. The van der Waals surface area contributed by atoms with Crippen LogP contribution < -0.4 is 5.73 Å². The number of nitrogens with two attached hydrogens (primary N) is 1. The average Bonchev–Trinajstić information content (AvgIpc) is 2.51. The first-order chi connectivity index (χ1) is 6.33. The minimum absolute atomic E-state index is 0.140. The number of nitrogen functional groups attached to an aromatic ring is 1. The van der Waals surface area contributed by atoms with Crippen LogP contribution in [0.2, 0.25) is 0 Å². The molecular formula is C9H10N4. The predicted molar refractivity (Wildman–Crippen MR) is 52.2 cm³/mol. The summed E-state index contributed by atoms with van der Waals surface area (Å²) in [7, 11) is 0. The van der Waals surface area contributed by atoms with Gasteiger partial charge in [-0.15, -0.1) is 0 Å². The number of hydrogen-bond acceptors (Lipinski definition) is 4. The van der Waals surface area contributed by atoms with Gasteiger partial charge in [-0.25, -0.2) is 15.0 Å².